The summed E-state index contributed by atoms with van der Waals surface area (Å²) in [5.41, 5.74) is 4.96. The van der Waals surface area contributed by atoms with Crippen molar-refractivity contribution in [1.29, 1.82) is 0 Å². The van der Waals surface area contributed by atoms with Crippen molar-refractivity contribution in [3.05, 3.63) is 86.3 Å². The normalized spacial score (nSPS) is 12.2. The molecule has 0 heterocycles. The van der Waals surface area contributed by atoms with E-state index in [0.29, 0.717) is 5.69 Å². The van der Waals surface area contributed by atoms with Gasteiger partial charge in [-0.15, -0.1) is 0 Å². The van der Waals surface area contributed by atoms with Gasteiger partial charge in [0.2, 0.25) is 0 Å². The SMILES string of the molecule is O=C(Nc1ccc(C(=O)O)cc1)OSC1c2cc(Br)ccc2-c2ccc(Br)cc21. The maximum Gasteiger partial charge on any atom is 0.423 e. The first kappa shape index (κ1) is 20.0. The summed E-state index contributed by atoms with van der Waals surface area (Å²) < 4.78 is 7.33. The van der Waals surface area contributed by atoms with Gasteiger partial charge in [-0.05, 0) is 70.8 Å². The molecule has 0 aliphatic heterocycles. The third-order valence-corrected chi connectivity index (χ3v) is 6.42. The Morgan fingerprint density at radius 1 is 0.897 bits per heavy atom. The van der Waals surface area contributed by atoms with E-state index >= 15 is 0 Å². The second kappa shape index (κ2) is 8.22. The molecule has 2 N–H and O–H groups in total. The van der Waals surface area contributed by atoms with E-state index in [9.17, 15) is 9.59 Å². The highest BCUT2D eigenvalue weighted by Crippen LogP contribution is 2.51. The summed E-state index contributed by atoms with van der Waals surface area (Å²) in [5.74, 6) is -1.02. The minimum Gasteiger partial charge on any atom is -0.478 e. The van der Waals surface area contributed by atoms with Crippen molar-refractivity contribution >= 4 is 61.7 Å². The van der Waals surface area contributed by atoms with Crippen LogP contribution in [-0.2, 0) is 4.18 Å². The molecule has 0 unspecified atom stereocenters. The number of amides is 1. The molecule has 29 heavy (non-hydrogen) atoms. The maximum absolute atomic E-state index is 12.3. The monoisotopic (exact) mass is 533 g/mol. The maximum atomic E-state index is 12.3. The van der Waals surface area contributed by atoms with Gasteiger partial charge in [0.1, 0.15) is 0 Å². The van der Waals surface area contributed by atoms with Crippen molar-refractivity contribution in [2.75, 3.05) is 5.32 Å². The van der Waals surface area contributed by atoms with Crippen LogP contribution in [0.4, 0.5) is 10.5 Å². The summed E-state index contributed by atoms with van der Waals surface area (Å²) in [7, 11) is 0. The Morgan fingerprint density at radius 3 is 1.97 bits per heavy atom. The van der Waals surface area contributed by atoms with Crippen LogP contribution in [0.2, 0.25) is 0 Å². The highest BCUT2D eigenvalue weighted by atomic mass is 79.9. The van der Waals surface area contributed by atoms with Gasteiger partial charge in [0.25, 0.3) is 0 Å². The smallest absolute Gasteiger partial charge is 0.423 e. The van der Waals surface area contributed by atoms with Gasteiger partial charge in [0, 0.05) is 14.6 Å². The zero-order valence-corrected chi connectivity index (χ0v) is 18.7. The highest BCUT2D eigenvalue weighted by Gasteiger charge is 2.31. The molecule has 3 aromatic carbocycles. The number of carboxylic acids is 1. The molecule has 0 saturated heterocycles. The summed E-state index contributed by atoms with van der Waals surface area (Å²) in [6.45, 7) is 0. The molecule has 5 nitrogen and oxygen atoms in total. The molecule has 3 aromatic rings. The van der Waals surface area contributed by atoms with E-state index in [0.717, 1.165) is 43.2 Å². The standard InChI is InChI=1S/C21H13Br2NO4S/c22-12-3-7-15-16-8-4-13(23)10-18(16)19(17(15)9-12)29-28-21(27)24-14-5-1-11(2-6-14)20(25)26/h1-10,19H,(H,24,27)(H,25,26). The van der Waals surface area contributed by atoms with Crippen LogP contribution in [-0.4, -0.2) is 17.2 Å². The van der Waals surface area contributed by atoms with Gasteiger partial charge in [-0.1, -0.05) is 44.0 Å². The molecule has 4 rings (SSSR count). The van der Waals surface area contributed by atoms with E-state index in [-0.39, 0.29) is 10.8 Å². The predicted molar refractivity (Wildman–Crippen MR) is 120 cm³/mol. The number of nitrogens with one attached hydrogen (secondary N) is 1. The fourth-order valence-electron chi connectivity index (χ4n) is 3.19. The van der Waals surface area contributed by atoms with Crippen LogP contribution in [0.15, 0.2) is 69.6 Å². The van der Waals surface area contributed by atoms with E-state index in [1.54, 1.807) is 0 Å². The zero-order chi connectivity index (χ0) is 20.5. The van der Waals surface area contributed by atoms with E-state index in [1.165, 1.54) is 24.3 Å². The number of carbonyl (C=O) groups excluding carboxylic acids is 1. The Labute approximate surface area is 187 Å². The topological polar surface area (TPSA) is 75.6 Å². The first-order chi connectivity index (χ1) is 13.9. The molecule has 1 amide bonds. The van der Waals surface area contributed by atoms with Crippen molar-refractivity contribution in [3.8, 4) is 11.1 Å². The first-order valence-electron chi connectivity index (χ1n) is 8.49. The second-order valence-corrected chi connectivity index (χ2v) is 8.98. The molecular weight excluding hydrogens is 522 g/mol. The highest BCUT2D eigenvalue weighted by molar-refractivity contribution is 9.10. The lowest BCUT2D eigenvalue weighted by Crippen LogP contribution is -2.11. The Kier molecular flexibility index (Phi) is 5.67. The van der Waals surface area contributed by atoms with Crippen molar-refractivity contribution in [3.63, 3.8) is 0 Å². The number of benzene rings is 3. The predicted octanol–water partition coefficient (Wildman–Crippen LogP) is 6.88. The molecular formula is C21H13Br2NO4S. The van der Waals surface area contributed by atoms with Crippen LogP contribution >= 0.6 is 43.9 Å². The van der Waals surface area contributed by atoms with E-state index < -0.39 is 12.1 Å². The first-order valence-corrected chi connectivity index (χ1v) is 10.9. The molecule has 0 aromatic heterocycles. The fourth-order valence-corrected chi connectivity index (χ4v) is 4.77. The minimum absolute atomic E-state index is 0.147. The van der Waals surface area contributed by atoms with Crippen LogP contribution in [0, 0.1) is 0 Å². The minimum atomic E-state index is -1.02. The van der Waals surface area contributed by atoms with Gasteiger partial charge in [0.05, 0.1) is 22.9 Å². The third kappa shape index (κ3) is 4.19. The van der Waals surface area contributed by atoms with Gasteiger partial charge in [-0.2, -0.15) is 0 Å². The molecule has 1 aliphatic rings. The summed E-state index contributed by atoms with van der Waals surface area (Å²) in [5, 5.41) is 11.4. The summed E-state index contributed by atoms with van der Waals surface area (Å²) in [6.07, 6.45) is -0.627. The summed E-state index contributed by atoms with van der Waals surface area (Å²) >= 11 is 8.10. The van der Waals surface area contributed by atoms with Gasteiger partial charge in [-0.25, -0.2) is 9.59 Å². The molecule has 8 heteroatoms. The fraction of sp³-hybridized carbons (Fsp3) is 0.0476. The molecule has 146 valence electrons. The molecule has 0 atom stereocenters. The molecule has 0 saturated carbocycles. The van der Waals surface area contributed by atoms with Crippen LogP contribution < -0.4 is 5.32 Å². The van der Waals surface area contributed by atoms with Crippen LogP contribution in [0.5, 0.6) is 0 Å². The summed E-state index contributed by atoms with van der Waals surface area (Å²) in [4.78, 5) is 23.2. The molecule has 0 bridgehead atoms. The second-order valence-electron chi connectivity index (χ2n) is 6.32. The van der Waals surface area contributed by atoms with Crippen LogP contribution in [0.3, 0.4) is 0 Å². The number of fused-ring (bicyclic) bond motifs is 3. The largest absolute Gasteiger partial charge is 0.478 e. The Bertz CT molecular complexity index is 1070. The quantitative estimate of drug-likeness (QED) is 0.357. The Balaban J connectivity index is 1.50. The lowest BCUT2D eigenvalue weighted by atomic mass is 10.1. The van der Waals surface area contributed by atoms with Crippen molar-refractivity contribution in [2.24, 2.45) is 0 Å². The molecule has 0 radical (unpaired) electrons. The number of hydrogen-bond donors (Lipinski definition) is 2. The van der Waals surface area contributed by atoms with Gasteiger partial charge < -0.3 is 9.29 Å². The van der Waals surface area contributed by atoms with Crippen LogP contribution in [0.1, 0.15) is 26.7 Å². The number of hydrogen-bond acceptors (Lipinski definition) is 4. The van der Waals surface area contributed by atoms with Gasteiger partial charge in [-0.3, -0.25) is 5.32 Å². The van der Waals surface area contributed by atoms with Crippen molar-refractivity contribution in [2.45, 2.75) is 5.25 Å². The average molecular weight is 535 g/mol. The number of halogens is 2. The van der Waals surface area contributed by atoms with Gasteiger partial charge in [0.15, 0.2) is 0 Å². The Hall–Kier alpha value is -2.29. The van der Waals surface area contributed by atoms with E-state index in [1.807, 2.05) is 24.3 Å². The number of anilines is 1. The zero-order valence-electron chi connectivity index (χ0n) is 14.7. The van der Waals surface area contributed by atoms with E-state index in [4.69, 9.17) is 9.29 Å². The molecule has 1 aliphatic carbocycles. The Morgan fingerprint density at radius 2 is 1.45 bits per heavy atom. The third-order valence-electron chi connectivity index (χ3n) is 4.48. The lowest BCUT2D eigenvalue weighted by Gasteiger charge is -2.13. The summed E-state index contributed by atoms with van der Waals surface area (Å²) in [6, 6.07) is 18.0. The number of carboxylic acid groups (broad SMARTS) is 1. The average Bonchev–Trinajstić information content (AvgIpc) is 2.98. The number of aromatic carboxylic acids is 1. The number of carbonyl (C=O) groups is 2. The lowest BCUT2D eigenvalue weighted by molar-refractivity contribution is 0.0697. The van der Waals surface area contributed by atoms with Gasteiger partial charge >= 0.3 is 12.1 Å². The number of rotatable bonds is 4. The van der Waals surface area contributed by atoms with Crippen molar-refractivity contribution < 1.29 is 18.9 Å². The molecule has 0 fully saturated rings. The molecule has 0 spiro atoms. The van der Waals surface area contributed by atoms with Crippen molar-refractivity contribution in [1.82, 2.24) is 0 Å². The van der Waals surface area contributed by atoms with Crippen LogP contribution in [0.25, 0.3) is 11.1 Å². The van der Waals surface area contributed by atoms with E-state index in [2.05, 4.69) is 49.3 Å².